The number of amides is 1. The van der Waals surface area contributed by atoms with Crippen LogP contribution in [-0.2, 0) is 4.79 Å². The van der Waals surface area contributed by atoms with Gasteiger partial charge in [-0.25, -0.2) is 5.43 Å². The van der Waals surface area contributed by atoms with Gasteiger partial charge in [0.2, 0.25) is 0 Å². The summed E-state index contributed by atoms with van der Waals surface area (Å²) in [4.78, 5) is 16.3. The van der Waals surface area contributed by atoms with Crippen molar-refractivity contribution in [1.29, 1.82) is 0 Å². The van der Waals surface area contributed by atoms with Gasteiger partial charge >= 0.3 is 0 Å². The summed E-state index contributed by atoms with van der Waals surface area (Å²) in [6.07, 6.45) is 4.73. The summed E-state index contributed by atoms with van der Waals surface area (Å²) in [7, 11) is 0. The normalized spacial score (nSPS) is 11.1. The zero-order chi connectivity index (χ0) is 23.2. The van der Waals surface area contributed by atoms with Crippen LogP contribution in [0.2, 0.25) is 0 Å². The molecule has 166 valence electrons. The molecule has 0 aliphatic rings. The Morgan fingerprint density at radius 2 is 1.82 bits per heavy atom. The van der Waals surface area contributed by atoms with Crippen molar-refractivity contribution >= 4 is 39.8 Å². The first-order chi connectivity index (χ1) is 16.0. The van der Waals surface area contributed by atoms with Gasteiger partial charge in [-0.05, 0) is 60.2 Å². The SMILES string of the molecule is O=C(CSc1nnc(-c2ccncc2)n1-c1ccc(Br)cc1)N/N=C/c1ccc(O)c(O)c1. The predicted octanol–water partition coefficient (Wildman–Crippen LogP) is 3.75. The number of hydrogen-bond donors (Lipinski definition) is 3. The van der Waals surface area contributed by atoms with Crippen molar-refractivity contribution in [2.75, 3.05) is 5.75 Å². The zero-order valence-electron chi connectivity index (χ0n) is 17.0. The lowest BCUT2D eigenvalue weighted by Crippen LogP contribution is -2.20. The van der Waals surface area contributed by atoms with E-state index < -0.39 is 0 Å². The highest BCUT2D eigenvalue weighted by atomic mass is 79.9. The van der Waals surface area contributed by atoms with E-state index in [1.54, 1.807) is 18.5 Å². The van der Waals surface area contributed by atoms with Crippen LogP contribution in [-0.4, -0.2) is 47.8 Å². The van der Waals surface area contributed by atoms with E-state index in [-0.39, 0.29) is 23.2 Å². The Bertz CT molecular complexity index is 1300. The zero-order valence-corrected chi connectivity index (χ0v) is 19.4. The van der Waals surface area contributed by atoms with Gasteiger partial charge in [0.15, 0.2) is 22.5 Å². The number of hydrogen-bond acceptors (Lipinski definition) is 8. The Hall–Kier alpha value is -3.70. The number of phenols is 2. The molecule has 33 heavy (non-hydrogen) atoms. The van der Waals surface area contributed by atoms with E-state index in [0.29, 0.717) is 16.5 Å². The Labute approximate surface area is 201 Å². The number of nitrogens with one attached hydrogen (secondary N) is 1. The minimum atomic E-state index is -0.338. The lowest BCUT2D eigenvalue weighted by Gasteiger charge is -2.10. The summed E-state index contributed by atoms with van der Waals surface area (Å²) >= 11 is 4.67. The second-order valence-corrected chi connectivity index (χ2v) is 8.54. The van der Waals surface area contributed by atoms with Crippen molar-refractivity contribution in [3.05, 3.63) is 77.0 Å². The summed E-state index contributed by atoms with van der Waals surface area (Å²) < 4.78 is 2.82. The lowest BCUT2D eigenvalue weighted by molar-refractivity contribution is -0.118. The van der Waals surface area contributed by atoms with Crippen LogP contribution in [0.15, 0.2) is 81.7 Å². The van der Waals surface area contributed by atoms with Gasteiger partial charge in [0.05, 0.1) is 12.0 Å². The van der Waals surface area contributed by atoms with Crippen LogP contribution in [0.1, 0.15) is 5.56 Å². The summed E-state index contributed by atoms with van der Waals surface area (Å²) in [5.41, 5.74) is 4.65. The van der Waals surface area contributed by atoms with Crippen LogP contribution >= 0.6 is 27.7 Å². The van der Waals surface area contributed by atoms with Crippen LogP contribution < -0.4 is 5.43 Å². The number of hydrazone groups is 1. The van der Waals surface area contributed by atoms with Crippen molar-refractivity contribution in [3.63, 3.8) is 0 Å². The summed E-state index contributed by atoms with van der Waals surface area (Å²) in [6.45, 7) is 0. The maximum absolute atomic E-state index is 12.3. The standard InChI is InChI=1S/C22H17BrN6O3S/c23-16-2-4-17(5-3-16)29-21(15-7-9-24-10-8-15)27-28-22(29)33-13-20(32)26-25-12-14-1-6-18(30)19(31)11-14/h1-12,30-31H,13H2,(H,26,32)/b25-12+. The number of benzene rings is 2. The van der Waals surface area contributed by atoms with Crippen molar-refractivity contribution in [1.82, 2.24) is 25.2 Å². The highest BCUT2D eigenvalue weighted by Crippen LogP contribution is 2.28. The molecule has 0 spiro atoms. The quantitative estimate of drug-likeness (QED) is 0.145. The number of aromatic nitrogens is 4. The number of rotatable bonds is 7. The van der Waals surface area contributed by atoms with Crippen molar-refractivity contribution < 1.29 is 15.0 Å². The number of nitrogens with zero attached hydrogens (tertiary/aromatic N) is 5. The third-order valence-electron chi connectivity index (χ3n) is 4.39. The maximum Gasteiger partial charge on any atom is 0.250 e. The lowest BCUT2D eigenvalue weighted by atomic mass is 10.2. The molecule has 1 amide bonds. The topological polar surface area (TPSA) is 126 Å². The number of carbonyl (C=O) groups excluding carboxylic acids is 1. The molecule has 0 atom stereocenters. The molecule has 3 N–H and O–H groups in total. The van der Waals surface area contributed by atoms with E-state index in [1.165, 1.54) is 30.1 Å². The maximum atomic E-state index is 12.3. The van der Waals surface area contributed by atoms with Crippen LogP contribution in [0, 0.1) is 0 Å². The molecule has 11 heteroatoms. The highest BCUT2D eigenvalue weighted by molar-refractivity contribution is 9.10. The van der Waals surface area contributed by atoms with Gasteiger partial charge < -0.3 is 10.2 Å². The molecular formula is C22H17BrN6O3S. The van der Waals surface area contributed by atoms with Gasteiger partial charge in [-0.3, -0.25) is 14.3 Å². The van der Waals surface area contributed by atoms with E-state index in [9.17, 15) is 15.0 Å². The van der Waals surface area contributed by atoms with Gasteiger partial charge in [-0.1, -0.05) is 27.7 Å². The predicted molar refractivity (Wildman–Crippen MR) is 129 cm³/mol. The summed E-state index contributed by atoms with van der Waals surface area (Å²) in [6, 6.07) is 15.6. The molecule has 2 aromatic heterocycles. The highest BCUT2D eigenvalue weighted by Gasteiger charge is 2.17. The molecule has 0 aliphatic carbocycles. The third kappa shape index (κ3) is 5.57. The van der Waals surface area contributed by atoms with E-state index in [0.717, 1.165) is 15.7 Å². The van der Waals surface area contributed by atoms with E-state index in [4.69, 9.17) is 0 Å². The monoisotopic (exact) mass is 524 g/mol. The minimum absolute atomic E-state index is 0.0587. The number of halogens is 1. The molecule has 4 rings (SSSR count). The molecule has 4 aromatic rings. The molecule has 0 unspecified atom stereocenters. The van der Waals surface area contributed by atoms with E-state index in [1.807, 2.05) is 41.0 Å². The number of aromatic hydroxyl groups is 2. The first kappa shape index (κ1) is 22.5. The Morgan fingerprint density at radius 3 is 2.55 bits per heavy atom. The summed E-state index contributed by atoms with van der Waals surface area (Å²) in [5.74, 6) is -0.141. The van der Waals surface area contributed by atoms with Crippen LogP contribution in [0.3, 0.4) is 0 Å². The van der Waals surface area contributed by atoms with E-state index >= 15 is 0 Å². The minimum Gasteiger partial charge on any atom is -0.504 e. The number of pyridine rings is 1. The molecule has 0 saturated heterocycles. The van der Waals surface area contributed by atoms with Gasteiger partial charge in [0, 0.05) is 28.1 Å². The van der Waals surface area contributed by atoms with Gasteiger partial charge in [-0.2, -0.15) is 5.10 Å². The molecule has 2 heterocycles. The van der Waals surface area contributed by atoms with Gasteiger partial charge in [0.1, 0.15) is 0 Å². The molecule has 0 aliphatic heterocycles. The second-order valence-electron chi connectivity index (χ2n) is 6.68. The fourth-order valence-electron chi connectivity index (χ4n) is 2.84. The first-order valence-electron chi connectivity index (χ1n) is 9.60. The van der Waals surface area contributed by atoms with Crippen LogP contribution in [0.5, 0.6) is 11.5 Å². The van der Waals surface area contributed by atoms with Crippen LogP contribution in [0.25, 0.3) is 17.1 Å². The summed E-state index contributed by atoms with van der Waals surface area (Å²) in [5, 5.41) is 31.9. The Balaban J connectivity index is 1.49. The Kier molecular flexibility index (Phi) is 7.01. The molecule has 0 fully saturated rings. The molecule has 0 saturated carbocycles. The third-order valence-corrected chi connectivity index (χ3v) is 5.85. The molecule has 0 bridgehead atoms. The Morgan fingerprint density at radius 1 is 1.06 bits per heavy atom. The van der Waals surface area contributed by atoms with Crippen molar-refractivity contribution in [3.8, 4) is 28.6 Å². The fraction of sp³-hybridized carbons (Fsp3) is 0.0455. The largest absolute Gasteiger partial charge is 0.504 e. The van der Waals surface area contributed by atoms with E-state index in [2.05, 4.69) is 41.6 Å². The van der Waals surface area contributed by atoms with Crippen molar-refractivity contribution in [2.24, 2.45) is 5.10 Å². The average Bonchev–Trinajstić information content (AvgIpc) is 3.25. The molecule has 2 aromatic carbocycles. The fourth-order valence-corrected chi connectivity index (χ4v) is 3.84. The molecular weight excluding hydrogens is 508 g/mol. The van der Waals surface area contributed by atoms with Gasteiger partial charge in [0.25, 0.3) is 5.91 Å². The molecule has 0 radical (unpaired) electrons. The van der Waals surface area contributed by atoms with Crippen LogP contribution in [0.4, 0.5) is 0 Å². The first-order valence-corrected chi connectivity index (χ1v) is 11.4. The smallest absolute Gasteiger partial charge is 0.250 e. The number of thioether (sulfide) groups is 1. The average molecular weight is 525 g/mol. The van der Waals surface area contributed by atoms with Gasteiger partial charge in [-0.15, -0.1) is 10.2 Å². The molecule has 9 nitrogen and oxygen atoms in total. The second kappa shape index (κ2) is 10.3. The number of carbonyl (C=O) groups is 1. The van der Waals surface area contributed by atoms with Crippen molar-refractivity contribution in [2.45, 2.75) is 5.16 Å². The number of phenolic OH excluding ortho intramolecular Hbond substituents is 2.